The SMILES string of the molecule is CCC1(C)Cc2c(sc3nc(SCCC(C)C)nc(N)c23)CO1. The van der Waals surface area contributed by atoms with Gasteiger partial charge in [0.2, 0.25) is 0 Å². The van der Waals surface area contributed by atoms with Crippen LogP contribution in [0.5, 0.6) is 0 Å². The minimum absolute atomic E-state index is 0.0991. The highest BCUT2D eigenvalue weighted by molar-refractivity contribution is 7.99. The molecule has 1 aliphatic heterocycles. The van der Waals surface area contributed by atoms with E-state index >= 15 is 0 Å². The van der Waals surface area contributed by atoms with Crippen LogP contribution >= 0.6 is 23.1 Å². The third kappa shape index (κ3) is 3.49. The molecule has 0 saturated heterocycles. The first-order chi connectivity index (χ1) is 10.9. The second kappa shape index (κ2) is 6.57. The molecule has 0 aliphatic carbocycles. The summed E-state index contributed by atoms with van der Waals surface area (Å²) in [4.78, 5) is 11.6. The van der Waals surface area contributed by atoms with Crippen LogP contribution in [-0.4, -0.2) is 21.3 Å². The number of hydrogen-bond acceptors (Lipinski definition) is 6. The van der Waals surface area contributed by atoms with Gasteiger partial charge in [-0.3, -0.25) is 0 Å². The zero-order valence-corrected chi connectivity index (χ0v) is 15.9. The van der Waals surface area contributed by atoms with Gasteiger partial charge in [0.15, 0.2) is 5.16 Å². The first-order valence-corrected chi connectivity index (χ1v) is 10.1. The number of nitrogen functional groups attached to an aromatic ring is 1. The average molecular weight is 352 g/mol. The van der Waals surface area contributed by atoms with Gasteiger partial charge in [0.1, 0.15) is 10.6 Å². The molecule has 0 spiro atoms. The van der Waals surface area contributed by atoms with Crippen molar-refractivity contribution < 1.29 is 4.74 Å². The van der Waals surface area contributed by atoms with Crippen LogP contribution in [0, 0.1) is 5.92 Å². The summed E-state index contributed by atoms with van der Waals surface area (Å²) in [6, 6.07) is 0. The number of nitrogens with two attached hydrogens (primary N) is 1. The van der Waals surface area contributed by atoms with E-state index in [0.29, 0.717) is 18.3 Å². The van der Waals surface area contributed by atoms with Gasteiger partial charge < -0.3 is 10.5 Å². The topological polar surface area (TPSA) is 61.0 Å². The highest BCUT2D eigenvalue weighted by Crippen LogP contribution is 2.41. The molecule has 2 aromatic heterocycles. The van der Waals surface area contributed by atoms with Crippen molar-refractivity contribution in [2.24, 2.45) is 5.92 Å². The second-order valence-electron chi connectivity index (χ2n) is 6.88. The van der Waals surface area contributed by atoms with Crippen molar-refractivity contribution in [1.29, 1.82) is 0 Å². The van der Waals surface area contributed by atoms with Gasteiger partial charge >= 0.3 is 0 Å². The van der Waals surface area contributed by atoms with Crippen LogP contribution in [0.2, 0.25) is 0 Å². The fraction of sp³-hybridized carbons (Fsp3) is 0.647. The van der Waals surface area contributed by atoms with Gasteiger partial charge in [-0.1, -0.05) is 32.5 Å². The van der Waals surface area contributed by atoms with Crippen molar-refractivity contribution in [3.8, 4) is 0 Å². The molecule has 3 rings (SSSR count). The zero-order valence-electron chi connectivity index (χ0n) is 14.3. The quantitative estimate of drug-likeness (QED) is 0.627. The van der Waals surface area contributed by atoms with Gasteiger partial charge in [-0.05, 0) is 31.2 Å². The average Bonchev–Trinajstić information content (AvgIpc) is 2.84. The third-order valence-corrected chi connectivity index (χ3v) is 6.50. The van der Waals surface area contributed by atoms with Crippen molar-refractivity contribution >= 4 is 39.1 Å². The molecule has 2 N–H and O–H groups in total. The van der Waals surface area contributed by atoms with E-state index in [0.717, 1.165) is 40.4 Å². The molecule has 4 nitrogen and oxygen atoms in total. The van der Waals surface area contributed by atoms with Crippen molar-refractivity contribution in [2.45, 2.75) is 64.3 Å². The van der Waals surface area contributed by atoms with E-state index in [1.165, 1.54) is 10.4 Å². The number of nitrogens with zero attached hydrogens (tertiary/aromatic N) is 2. The molecule has 0 saturated carbocycles. The first-order valence-electron chi connectivity index (χ1n) is 8.26. The van der Waals surface area contributed by atoms with E-state index in [-0.39, 0.29) is 5.60 Å². The number of fused-ring (bicyclic) bond motifs is 3. The fourth-order valence-corrected chi connectivity index (χ4v) is 5.02. The third-order valence-electron chi connectivity index (χ3n) is 4.52. The summed E-state index contributed by atoms with van der Waals surface area (Å²) in [6.07, 6.45) is 3.05. The summed E-state index contributed by atoms with van der Waals surface area (Å²) in [5.41, 5.74) is 7.49. The Balaban J connectivity index is 1.91. The van der Waals surface area contributed by atoms with Gasteiger partial charge in [0.25, 0.3) is 0 Å². The molecule has 126 valence electrons. The number of thioether (sulfide) groups is 1. The van der Waals surface area contributed by atoms with E-state index in [1.54, 1.807) is 23.1 Å². The molecule has 0 amide bonds. The van der Waals surface area contributed by atoms with Crippen LogP contribution in [0.3, 0.4) is 0 Å². The maximum absolute atomic E-state index is 6.29. The number of ether oxygens (including phenoxy) is 1. The number of rotatable bonds is 5. The van der Waals surface area contributed by atoms with E-state index in [9.17, 15) is 0 Å². The molecule has 3 heterocycles. The molecule has 0 fully saturated rings. The van der Waals surface area contributed by atoms with Crippen LogP contribution < -0.4 is 5.73 Å². The minimum atomic E-state index is -0.0991. The Morgan fingerprint density at radius 1 is 1.39 bits per heavy atom. The fourth-order valence-electron chi connectivity index (χ4n) is 2.76. The molecule has 0 radical (unpaired) electrons. The zero-order chi connectivity index (χ0) is 16.6. The van der Waals surface area contributed by atoms with Gasteiger partial charge in [-0.2, -0.15) is 0 Å². The van der Waals surface area contributed by atoms with Crippen LogP contribution in [0.25, 0.3) is 10.2 Å². The molecule has 2 aromatic rings. The summed E-state index contributed by atoms with van der Waals surface area (Å²) >= 11 is 3.41. The maximum Gasteiger partial charge on any atom is 0.190 e. The van der Waals surface area contributed by atoms with E-state index < -0.39 is 0 Å². The Labute approximate surface area is 146 Å². The molecular formula is C17H25N3OS2. The summed E-state index contributed by atoms with van der Waals surface area (Å²) in [5, 5.41) is 1.86. The van der Waals surface area contributed by atoms with E-state index in [4.69, 9.17) is 15.5 Å². The van der Waals surface area contributed by atoms with Gasteiger partial charge in [-0.15, -0.1) is 11.3 Å². The standard InChI is InChI=1S/C17H25N3OS2/c1-5-17(4)8-11-12(9-21-17)23-15-13(11)14(18)19-16(20-15)22-7-6-10(2)3/h10H,5-9H2,1-4H3,(H2,18,19,20). The van der Waals surface area contributed by atoms with Crippen LogP contribution in [0.1, 0.15) is 51.0 Å². The molecule has 23 heavy (non-hydrogen) atoms. The highest BCUT2D eigenvalue weighted by Gasteiger charge is 2.32. The summed E-state index contributed by atoms with van der Waals surface area (Å²) < 4.78 is 6.05. The van der Waals surface area contributed by atoms with Crippen molar-refractivity contribution in [3.05, 3.63) is 10.4 Å². The van der Waals surface area contributed by atoms with Crippen LogP contribution in [0.4, 0.5) is 5.82 Å². The van der Waals surface area contributed by atoms with E-state index in [1.807, 2.05) is 0 Å². The van der Waals surface area contributed by atoms with E-state index in [2.05, 4.69) is 32.7 Å². The van der Waals surface area contributed by atoms with Crippen LogP contribution in [-0.2, 0) is 17.8 Å². The lowest BCUT2D eigenvalue weighted by molar-refractivity contribution is -0.0542. The van der Waals surface area contributed by atoms with Gasteiger partial charge in [0, 0.05) is 17.1 Å². The number of hydrogen-bond donors (Lipinski definition) is 1. The Hall–Kier alpha value is -0.850. The summed E-state index contributed by atoms with van der Waals surface area (Å²) in [5.74, 6) is 2.35. The molecular weight excluding hydrogens is 326 g/mol. The highest BCUT2D eigenvalue weighted by atomic mass is 32.2. The molecule has 1 unspecified atom stereocenters. The molecule has 6 heteroatoms. The van der Waals surface area contributed by atoms with Crippen molar-refractivity contribution in [1.82, 2.24) is 9.97 Å². The number of thiophene rings is 1. The second-order valence-corrected chi connectivity index (χ2v) is 9.02. The lowest BCUT2D eigenvalue weighted by Gasteiger charge is -2.33. The summed E-state index contributed by atoms with van der Waals surface area (Å²) in [7, 11) is 0. The molecule has 1 atom stereocenters. The summed E-state index contributed by atoms with van der Waals surface area (Å²) in [6.45, 7) is 9.47. The predicted octanol–water partition coefficient (Wildman–Crippen LogP) is 4.65. The Bertz CT molecular complexity index is 713. The Morgan fingerprint density at radius 2 is 2.17 bits per heavy atom. The predicted molar refractivity (Wildman–Crippen MR) is 99.2 cm³/mol. The molecule has 0 bridgehead atoms. The maximum atomic E-state index is 6.29. The monoisotopic (exact) mass is 351 g/mol. The molecule has 0 aromatic carbocycles. The van der Waals surface area contributed by atoms with Crippen molar-refractivity contribution in [3.63, 3.8) is 0 Å². The lowest BCUT2D eigenvalue weighted by atomic mass is 9.90. The van der Waals surface area contributed by atoms with Crippen molar-refractivity contribution in [2.75, 3.05) is 11.5 Å². The number of anilines is 1. The van der Waals surface area contributed by atoms with Gasteiger partial charge in [-0.25, -0.2) is 9.97 Å². The number of aromatic nitrogens is 2. The van der Waals surface area contributed by atoms with Gasteiger partial charge in [0.05, 0.1) is 17.6 Å². The Morgan fingerprint density at radius 3 is 2.87 bits per heavy atom. The lowest BCUT2D eigenvalue weighted by Crippen LogP contribution is -2.33. The largest absolute Gasteiger partial charge is 0.383 e. The normalized spacial score (nSPS) is 21.1. The van der Waals surface area contributed by atoms with Crippen LogP contribution in [0.15, 0.2) is 5.16 Å². The first kappa shape index (κ1) is 17.0. The molecule has 1 aliphatic rings. The Kier molecular flexibility index (Phi) is 4.85. The smallest absolute Gasteiger partial charge is 0.190 e. The minimum Gasteiger partial charge on any atom is -0.383 e.